The van der Waals surface area contributed by atoms with Gasteiger partial charge in [0.2, 0.25) is 14.1 Å². The van der Waals surface area contributed by atoms with E-state index in [1.807, 2.05) is 19.1 Å². The monoisotopic (exact) mass is 438 g/mol. The van der Waals surface area contributed by atoms with E-state index in [4.69, 9.17) is 23.4 Å². The topological polar surface area (TPSA) is 46.2 Å². The summed E-state index contributed by atoms with van der Waals surface area (Å²) in [6, 6.07) is 3.84. The zero-order valence-electron chi connectivity index (χ0n) is 20.6. The third-order valence-electron chi connectivity index (χ3n) is 5.90. The van der Waals surface area contributed by atoms with Gasteiger partial charge in [-0.05, 0) is 46.8 Å². The highest BCUT2D eigenvalue weighted by Gasteiger charge is 2.45. The Kier molecular flexibility index (Phi) is 10.9. The molecule has 0 saturated heterocycles. The minimum atomic E-state index is -1.89. The van der Waals surface area contributed by atoms with Crippen molar-refractivity contribution < 1.29 is 23.4 Å². The molecule has 0 bridgehead atoms. The fourth-order valence-electron chi connectivity index (χ4n) is 4.44. The second kappa shape index (κ2) is 12.4. The second-order valence-corrected chi connectivity index (χ2v) is 14.0. The van der Waals surface area contributed by atoms with Gasteiger partial charge >= 0.3 is 0 Å². The zero-order chi connectivity index (χ0) is 22.9. The summed E-state index contributed by atoms with van der Waals surface area (Å²) in [4.78, 5) is 0. The number of ether oxygens (including phenoxy) is 4. The molecule has 0 saturated carbocycles. The minimum Gasteiger partial charge on any atom is -0.493 e. The molecule has 0 aliphatic heterocycles. The predicted molar refractivity (Wildman–Crippen MR) is 127 cm³/mol. The van der Waals surface area contributed by atoms with Crippen LogP contribution >= 0.6 is 0 Å². The number of allylic oxidation sites excluding steroid dienone is 1. The summed E-state index contributed by atoms with van der Waals surface area (Å²) >= 11 is 0. The van der Waals surface area contributed by atoms with Crippen molar-refractivity contribution in [3.8, 4) is 17.2 Å². The molecule has 0 unspecified atom stereocenters. The van der Waals surface area contributed by atoms with Crippen LogP contribution in [0.15, 0.2) is 23.8 Å². The van der Waals surface area contributed by atoms with Gasteiger partial charge in [0.05, 0.1) is 41.2 Å². The van der Waals surface area contributed by atoms with Gasteiger partial charge in [-0.25, -0.2) is 0 Å². The lowest BCUT2D eigenvalue weighted by Gasteiger charge is -2.42. The summed E-state index contributed by atoms with van der Waals surface area (Å²) in [5.41, 5.74) is 3.83. The van der Waals surface area contributed by atoms with E-state index in [0.717, 1.165) is 5.56 Å². The van der Waals surface area contributed by atoms with Crippen LogP contribution in [0.2, 0.25) is 16.6 Å². The van der Waals surface area contributed by atoms with Crippen molar-refractivity contribution in [3.05, 3.63) is 29.3 Å². The summed E-state index contributed by atoms with van der Waals surface area (Å²) in [5.74, 6) is 1.85. The van der Waals surface area contributed by atoms with Crippen LogP contribution in [0.4, 0.5) is 0 Å². The normalized spacial score (nSPS) is 12.8. The van der Waals surface area contributed by atoms with Crippen LogP contribution in [0.25, 0.3) is 0 Å². The van der Waals surface area contributed by atoms with Gasteiger partial charge in [0.1, 0.15) is 0 Å². The molecule has 0 N–H and O–H groups in total. The number of hydrogen-bond acceptors (Lipinski definition) is 5. The smallest absolute Gasteiger partial charge is 0.203 e. The van der Waals surface area contributed by atoms with E-state index < -0.39 is 8.32 Å². The molecule has 0 aliphatic rings. The predicted octanol–water partition coefficient (Wildman–Crippen LogP) is 6.37. The largest absolute Gasteiger partial charge is 0.493 e. The molecule has 0 aliphatic carbocycles. The molecule has 0 fully saturated rings. The Bertz CT molecular complexity index is 635. The molecule has 5 nitrogen and oxygen atoms in total. The quantitative estimate of drug-likeness (QED) is 0.265. The second-order valence-electron chi connectivity index (χ2n) is 8.58. The van der Waals surface area contributed by atoms with E-state index >= 15 is 0 Å². The summed E-state index contributed by atoms with van der Waals surface area (Å²) in [7, 11) is 2.95. The molecule has 1 aromatic rings. The van der Waals surface area contributed by atoms with Gasteiger partial charge in [-0.2, -0.15) is 0 Å². The van der Waals surface area contributed by atoms with Crippen molar-refractivity contribution in [3.63, 3.8) is 0 Å². The highest BCUT2D eigenvalue weighted by atomic mass is 28.4. The third-order valence-corrected chi connectivity index (χ3v) is 12.0. The molecule has 0 heterocycles. The highest BCUT2D eigenvalue weighted by molar-refractivity contribution is 6.77. The van der Waals surface area contributed by atoms with Crippen LogP contribution in [-0.4, -0.2) is 42.9 Å². The van der Waals surface area contributed by atoms with Crippen LogP contribution in [0.3, 0.4) is 0 Å². The van der Waals surface area contributed by atoms with E-state index in [1.165, 1.54) is 5.57 Å². The number of benzene rings is 1. The Balaban J connectivity index is 2.80. The first-order chi connectivity index (χ1) is 14.2. The lowest BCUT2D eigenvalue weighted by molar-refractivity contribution is 0.133. The van der Waals surface area contributed by atoms with Crippen molar-refractivity contribution in [1.82, 2.24) is 0 Å². The third kappa shape index (κ3) is 6.25. The molecule has 6 heteroatoms. The fourth-order valence-corrected chi connectivity index (χ4v) is 9.88. The molecule has 0 spiro atoms. The summed E-state index contributed by atoms with van der Waals surface area (Å²) < 4.78 is 28.9. The average Bonchev–Trinajstić information content (AvgIpc) is 2.70. The SMILES string of the molecule is C/C=C(/COCc1cc(OC)c(OC)c(OC)c1)CO[Si](C(C)C)(C(C)C)C(C)C. The summed E-state index contributed by atoms with van der Waals surface area (Å²) in [5, 5.41) is 0. The van der Waals surface area contributed by atoms with Gasteiger partial charge < -0.3 is 23.4 Å². The number of rotatable bonds is 13. The van der Waals surface area contributed by atoms with Gasteiger partial charge in [0, 0.05) is 0 Å². The Labute approximate surface area is 184 Å². The molecule has 0 aromatic heterocycles. The van der Waals surface area contributed by atoms with Crippen molar-refractivity contribution in [2.45, 2.75) is 71.7 Å². The van der Waals surface area contributed by atoms with Gasteiger partial charge in [0.25, 0.3) is 0 Å². The summed E-state index contributed by atoms with van der Waals surface area (Å²) in [6.07, 6.45) is 2.11. The summed E-state index contributed by atoms with van der Waals surface area (Å²) in [6.45, 7) is 17.5. The van der Waals surface area contributed by atoms with Crippen LogP contribution in [-0.2, 0) is 15.8 Å². The molecule has 30 heavy (non-hydrogen) atoms. The van der Waals surface area contributed by atoms with E-state index in [1.54, 1.807) is 21.3 Å². The van der Waals surface area contributed by atoms with E-state index in [0.29, 0.717) is 53.7 Å². The first-order valence-corrected chi connectivity index (χ1v) is 13.0. The first kappa shape index (κ1) is 26.5. The van der Waals surface area contributed by atoms with Crippen LogP contribution < -0.4 is 14.2 Å². The molecule has 0 atom stereocenters. The van der Waals surface area contributed by atoms with Crippen LogP contribution in [0.5, 0.6) is 17.2 Å². The van der Waals surface area contributed by atoms with Crippen LogP contribution in [0, 0.1) is 0 Å². The Morgan fingerprint density at radius 3 is 1.70 bits per heavy atom. The van der Waals surface area contributed by atoms with E-state index in [9.17, 15) is 0 Å². The molecular formula is C24H42O5Si. The van der Waals surface area contributed by atoms with Crippen molar-refractivity contribution in [2.24, 2.45) is 0 Å². The first-order valence-electron chi connectivity index (χ1n) is 10.8. The maximum atomic E-state index is 6.71. The molecule has 0 radical (unpaired) electrons. The van der Waals surface area contributed by atoms with Gasteiger partial charge in [-0.15, -0.1) is 0 Å². The maximum absolute atomic E-state index is 6.71. The Hall–Kier alpha value is -1.50. The van der Waals surface area contributed by atoms with E-state index in [2.05, 4.69) is 47.6 Å². The average molecular weight is 439 g/mol. The molecule has 1 aromatic carbocycles. The van der Waals surface area contributed by atoms with Gasteiger partial charge in [-0.3, -0.25) is 0 Å². The number of hydrogen-bond donors (Lipinski definition) is 0. The Morgan fingerprint density at radius 2 is 1.33 bits per heavy atom. The lowest BCUT2D eigenvalue weighted by atomic mass is 10.2. The number of methoxy groups -OCH3 is 3. The van der Waals surface area contributed by atoms with Gasteiger partial charge in [0.15, 0.2) is 11.5 Å². The molecule has 1 rings (SSSR count). The highest BCUT2D eigenvalue weighted by Crippen LogP contribution is 2.42. The zero-order valence-corrected chi connectivity index (χ0v) is 21.6. The van der Waals surface area contributed by atoms with Crippen molar-refractivity contribution >= 4 is 8.32 Å². The van der Waals surface area contributed by atoms with Crippen LogP contribution in [0.1, 0.15) is 54.0 Å². The van der Waals surface area contributed by atoms with Crippen molar-refractivity contribution in [1.29, 1.82) is 0 Å². The maximum Gasteiger partial charge on any atom is 0.203 e. The lowest BCUT2D eigenvalue weighted by Crippen LogP contribution is -2.48. The fraction of sp³-hybridized carbons (Fsp3) is 0.667. The minimum absolute atomic E-state index is 0.454. The Morgan fingerprint density at radius 1 is 0.833 bits per heavy atom. The molecule has 0 amide bonds. The standard InChI is InChI=1S/C24H42O5Si/c1-11-20(16-29-30(17(2)3,18(4)5)19(6)7)14-28-15-21-12-22(25-8)24(27-10)23(13-21)26-9/h11-13,17-19H,14-16H2,1-10H3/b20-11-. The molecule has 172 valence electrons. The van der Waals surface area contributed by atoms with Crippen molar-refractivity contribution in [2.75, 3.05) is 34.5 Å². The van der Waals surface area contributed by atoms with E-state index in [-0.39, 0.29) is 0 Å². The molecular weight excluding hydrogens is 396 g/mol. The van der Waals surface area contributed by atoms with Gasteiger partial charge in [-0.1, -0.05) is 47.6 Å².